The number of benzene rings is 1. The minimum Gasteiger partial charge on any atom is -0.399 e. The Balaban J connectivity index is 1.47. The molecule has 21 heavy (non-hydrogen) atoms. The molecule has 1 heterocycles. The van der Waals surface area contributed by atoms with Crippen LogP contribution in [0.3, 0.4) is 0 Å². The number of nitrogen functional groups attached to an aromatic ring is 1. The molecule has 3 fully saturated rings. The summed E-state index contributed by atoms with van der Waals surface area (Å²) in [6.45, 7) is 2.10. The summed E-state index contributed by atoms with van der Waals surface area (Å²) in [7, 11) is 0. The summed E-state index contributed by atoms with van der Waals surface area (Å²) in [5.74, 6) is -1.73. The van der Waals surface area contributed by atoms with Crippen molar-refractivity contribution >= 4 is 5.69 Å². The second kappa shape index (κ2) is 4.42. The molecule has 1 saturated heterocycles. The maximum absolute atomic E-state index is 13.3. The minimum atomic E-state index is -2.43. The molecule has 0 bridgehead atoms. The quantitative estimate of drug-likeness (QED) is 0.846. The fraction of sp³-hybridized carbons (Fsp3) is 0.647. The average molecular weight is 292 g/mol. The lowest BCUT2D eigenvalue weighted by atomic mass is 9.90. The Morgan fingerprint density at radius 2 is 1.95 bits per heavy atom. The zero-order chi connectivity index (χ0) is 14.7. The Bertz CT molecular complexity index is 549. The standard InChI is InChI=1S/C17H22F2N2/c18-17(19)6-4-15(5-7-17)21-10-13-9-16(13,11-21)12-2-1-3-14(20)8-12/h1-3,8,13,15H,4-7,9-11,20H2/t13-,16+/m0/s1. The highest BCUT2D eigenvalue weighted by Crippen LogP contribution is 2.60. The van der Waals surface area contributed by atoms with Crippen LogP contribution in [0.25, 0.3) is 0 Å². The summed E-state index contributed by atoms with van der Waals surface area (Å²) in [5, 5.41) is 0. The van der Waals surface area contributed by atoms with Crippen LogP contribution in [0, 0.1) is 5.92 Å². The highest BCUT2D eigenvalue weighted by molar-refractivity contribution is 5.47. The highest BCUT2D eigenvalue weighted by atomic mass is 19.3. The van der Waals surface area contributed by atoms with Crippen molar-refractivity contribution in [3.05, 3.63) is 29.8 Å². The minimum absolute atomic E-state index is 0.0596. The molecule has 0 spiro atoms. The van der Waals surface area contributed by atoms with Crippen molar-refractivity contribution in [2.45, 2.75) is 49.5 Å². The highest BCUT2D eigenvalue weighted by Gasteiger charge is 2.61. The van der Waals surface area contributed by atoms with Crippen LogP contribution in [-0.2, 0) is 5.41 Å². The van der Waals surface area contributed by atoms with E-state index in [1.165, 1.54) is 12.0 Å². The topological polar surface area (TPSA) is 29.3 Å². The van der Waals surface area contributed by atoms with Gasteiger partial charge in [0.1, 0.15) is 0 Å². The molecule has 4 rings (SSSR count). The molecule has 4 heteroatoms. The van der Waals surface area contributed by atoms with Crippen LogP contribution in [0.5, 0.6) is 0 Å². The third kappa shape index (κ3) is 2.24. The van der Waals surface area contributed by atoms with Crippen molar-refractivity contribution in [3.8, 4) is 0 Å². The molecule has 3 aliphatic rings. The zero-order valence-corrected chi connectivity index (χ0v) is 12.2. The van der Waals surface area contributed by atoms with Gasteiger partial charge >= 0.3 is 0 Å². The molecule has 1 aliphatic heterocycles. The van der Waals surface area contributed by atoms with E-state index in [0.29, 0.717) is 24.8 Å². The third-order valence-corrected chi connectivity index (χ3v) is 5.84. The summed E-state index contributed by atoms with van der Waals surface area (Å²) in [4.78, 5) is 2.46. The van der Waals surface area contributed by atoms with Crippen molar-refractivity contribution in [2.24, 2.45) is 5.92 Å². The van der Waals surface area contributed by atoms with Crippen molar-refractivity contribution in [2.75, 3.05) is 18.8 Å². The lowest BCUT2D eigenvalue weighted by Gasteiger charge is -2.36. The molecule has 0 radical (unpaired) electrons. The van der Waals surface area contributed by atoms with Crippen molar-refractivity contribution < 1.29 is 8.78 Å². The van der Waals surface area contributed by atoms with Gasteiger partial charge in [-0.2, -0.15) is 0 Å². The molecule has 2 saturated carbocycles. The molecule has 2 N–H and O–H groups in total. The number of nitrogens with zero attached hydrogens (tertiary/aromatic N) is 1. The van der Waals surface area contributed by atoms with Crippen LogP contribution >= 0.6 is 0 Å². The number of likely N-dealkylation sites (tertiary alicyclic amines) is 1. The van der Waals surface area contributed by atoms with Crippen molar-refractivity contribution in [3.63, 3.8) is 0 Å². The number of fused-ring (bicyclic) bond motifs is 1. The van der Waals surface area contributed by atoms with E-state index in [-0.39, 0.29) is 18.3 Å². The van der Waals surface area contributed by atoms with Gasteiger partial charge in [0.2, 0.25) is 5.92 Å². The number of piperidine rings is 1. The van der Waals surface area contributed by atoms with Gasteiger partial charge < -0.3 is 5.73 Å². The molecule has 2 nitrogen and oxygen atoms in total. The summed E-state index contributed by atoms with van der Waals surface area (Å²) in [6, 6.07) is 8.58. The summed E-state index contributed by atoms with van der Waals surface area (Å²) in [5.41, 5.74) is 8.34. The van der Waals surface area contributed by atoms with Crippen LogP contribution in [0.1, 0.15) is 37.7 Å². The normalized spacial score (nSPS) is 35.6. The monoisotopic (exact) mass is 292 g/mol. The molecule has 1 aromatic carbocycles. The first kappa shape index (κ1) is 13.5. The van der Waals surface area contributed by atoms with Crippen LogP contribution in [0.4, 0.5) is 14.5 Å². The Morgan fingerprint density at radius 1 is 1.19 bits per heavy atom. The first-order chi connectivity index (χ1) is 9.98. The van der Waals surface area contributed by atoms with Gasteiger partial charge in [0.15, 0.2) is 0 Å². The number of nitrogens with two attached hydrogens (primary N) is 1. The molecule has 0 amide bonds. The molecule has 114 valence electrons. The van der Waals surface area contributed by atoms with E-state index in [2.05, 4.69) is 17.0 Å². The summed E-state index contributed by atoms with van der Waals surface area (Å²) < 4.78 is 26.6. The molecule has 2 aliphatic carbocycles. The smallest absolute Gasteiger partial charge is 0.248 e. The van der Waals surface area contributed by atoms with Gasteiger partial charge in [-0.25, -0.2) is 8.78 Å². The Morgan fingerprint density at radius 3 is 2.67 bits per heavy atom. The van der Waals surface area contributed by atoms with Gasteiger partial charge in [-0.15, -0.1) is 0 Å². The molecule has 2 atom stereocenters. The van der Waals surface area contributed by atoms with Gasteiger partial charge in [0, 0.05) is 43.1 Å². The van der Waals surface area contributed by atoms with E-state index in [9.17, 15) is 8.78 Å². The van der Waals surface area contributed by atoms with E-state index >= 15 is 0 Å². The van der Waals surface area contributed by atoms with E-state index < -0.39 is 5.92 Å². The SMILES string of the molecule is Nc1cccc([C@]23C[C@H]2CN(C2CCC(F)(F)CC2)C3)c1. The van der Waals surface area contributed by atoms with Gasteiger partial charge in [-0.3, -0.25) is 4.90 Å². The number of hydrogen-bond donors (Lipinski definition) is 1. The van der Waals surface area contributed by atoms with Crippen LogP contribution in [0.2, 0.25) is 0 Å². The maximum atomic E-state index is 13.3. The van der Waals surface area contributed by atoms with Gasteiger partial charge in [0.25, 0.3) is 0 Å². The van der Waals surface area contributed by atoms with E-state index in [0.717, 1.165) is 18.8 Å². The van der Waals surface area contributed by atoms with Gasteiger partial charge in [-0.1, -0.05) is 12.1 Å². The second-order valence-corrected chi connectivity index (χ2v) is 7.20. The van der Waals surface area contributed by atoms with Crippen molar-refractivity contribution in [1.82, 2.24) is 4.90 Å². The molecule has 0 unspecified atom stereocenters. The fourth-order valence-corrected chi connectivity index (χ4v) is 4.49. The Labute approximate surface area is 124 Å². The van der Waals surface area contributed by atoms with Crippen LogP contribution in [0.15, 0.2) is 24.3 Å². The van der Waals surface area contributed by atoms with E-state index in [1.807, 2.05) is 12.1 Å². The van der Waals surface area contributed by atoms with Crippen molar-refractivity contribution in [1.29, 1.82) is 0 Å². The van der Waals surface area contributed by atoms with E-state index in [4.69, 9.17) is 5.73 Å². The largest absolute Gasteiger partial charge is 0.399 e. The molecule has 0 aromatic heterocycles. The number of anilines is 1. The fourth-order valence-electron chi connectivity index (χ4n) is 4.49. The molecular weight excluding hydrogens is 270 g/mol. The Kier molecular flexibility index (Phi) is 2.84. The number of rotatable bonds is 2. The number of alkyl halides is 2. The molecular formula is C17H22F2N2. The lowest BCUT2D eigenvalue weighted by molar-refractivity contribution is -0.0526. The summed E-state index contributed by atoms with van der Waals surface area (Å²) in [6.07, 6.45) is 2.64. The summed E-state index contributed by atoms with van der Waals surface area (Å²) >= 11 is 0. The van der Waals surface area contributed by atoms with Crippen LogP contribution < -0.4 is 5.73 Å². The average Bonchev–Trinajstić information content (AvgIpc) is 3.01. The first-order valence-electron chi connectivity index (χ1n) is 7.96. The maximum Gasteiger partial charge on any atom is 0.248 e. The lowest BCUT2D eigenvalue weighted by Crippen LogP contribution is -2.41. The molecule has 1 aromatic rings. The number of halogens is 2. The zero-order valence-electron chi connectivity index (χ0n) is 12.2. The second-order valence-electron chi connectivity index (χ2n) is 7.20. The Hall–Kier alpha value is -1.16. The number of hydrogen-bond acceptors (Lipinski definition) is 2. The predicted octanol–water partition coefficient (Wildman–Crippen LogP) is 3.42. The van der Waals surface area contributed by atoms with Gasteiger partial charge in [-0.05, 0) is 42.9 Å². The van der Waals surface area contributed by atoms with Gasteiger partial charge in [0.05, 0.1) is 0 Å². The third-order valence-electron chi connectivity index (χ3n) is 5.84. The first-order valence-corrected chi connectivity index (χ1v) is 7.96. The van der Waals surface area contributed by atoms with Crippen LogP contribution in [-0.4, -0.2) is 30.0 Å². The predicted molar refractivity (Wildman–Crippen MR) is 79.4 cm³/mol. The van der Waals surface area contributed by atoms with E-state index in [1.54, 1.807) is 0 Å².